The normalized spacial score (nSPS) is 17.7. The van der Waals surface area contributed by atoms with Crippen molar-refractivity contribution in [1.29, 1.82) is 0 Å². The third-order valence-electron chi connectivity index (χ3n) is 4.97. The Kier molecular flexibility index (Phi) is 8.21. The molecule has 0 radical (unpaired) electrons. The Morgan fingerprint density at radius 3 is 2.42 bits per heavy atom. The Labute approximate surface area is 163 Å². The molecule has 0 saturated carbocycles. The molecule has 1 aromatic carbocycles. The smallest absolute Gasteiger partial charge is 0.0406 e. The van der Waals surface area contributed by atoms with Gasteiger partial charge in [0.25, 0.3) is 0 Å². The summed E-state index contributed by atoms with van der Waals surface area (Å²) >= 11 is 5.93. The van der Waals surface area contributed by atoms with Gasteiger partial charge < -0.3 is 5.32 Å². The van der Waals surface area contributed by atoms with Gasteiger partial charge in [0.05, 0.1) is 0 Å². The molecule has 0 unspecified atom stereocenters. The lowest BCUT2D eigenvalue weighted by molar-refractivity contribution is 0.217. The van der Waals surface area contributed by atoms with E-state index in [1.54, 1.807) is 0 Å². The zero-order valence-electron chi connectivity index (χ0n) is 16.3. The number of benzene rings is 1. The minimum Gasteiger partial charge on any atom is -0.388 e. The number of rotatable bonds is 7. The molecule has 140 valence electrons. The summed E-state index contributed by atoms with van der Waals surface area (Å²) in [4.78, 5) is 2.53. The van der Waals surface area contributed by atoms with Gasteiger partial charge in [0.15, 0.2) is 0 Å². The molecule has 1 aromatic rings. The first-order chi connectivity index (χ1) is 12.5. The Morgan fingerprint density at radius 2 is 1.85 bits per heavy atom. The van der Waals surface area contributed by atoms with Crippen LogP contribution in [0.15, 0.2) is 65.9 Å². The molecule has 0 amide bonds. The third-order valence-corrected chi connectivity index (χ3v) is 5.22. The fraction of sp³-hybridized carbons (Fsp3) is 0.391. The molecule has 3 heteroatoms. The van der Waals surface area contributed by atoms with Crippen LogP contribution in [0.3, 0.4) is 0 Å². The van der Waals surface area contributed by atoms with Crippen molar-refractivity contribution in [3.05, 3.63) is 76.5 Å². The van der Waals surface area contributed by atoms with Gasteiger partial charge in [-0.05, 0) is 75.0 Å². The van der Waals surface area contributed by atoms with Crippen molar-refractivity contribution in [3.8, 4) is 0 Å². The number of nitrogens with zero attached hydrogens (tertiary/aromatic N) is 1. The number of likely N-dealkylation sites (N-methyl/N-ethyl adjacent to an activating group) is 1. The Bertz CT molecular complexity index is 675. The van der Waals surface area contributed by atoms with Crippen LogP contribution >= 0.6 is 11.6 Å². The number of hydrogen-bond acceptors (Lipinski definition) is 2. The van der Waals surface area contributed by atoms with Crippen molar-refractivity contribution < 1.29 is 0 Å². The maximum absolute atomic E-state index is 5.93. The Morgan fingerprint density at radius 1 is 1.19 bits per heavy atom. The highest BCUT2D eigenvalue weighted by atomic mass is 35.5. The first-order valence-corrected chi connectivity index (χ1v) is 9.74. The van der Waals surface area contributed by atoms with Crippen LogP contribution in [0, 0.1) is 5.92 Å². The van der Waals surface area contributed by atoms with Crippen LogP contribution in [0.1, 0.15) is 32.3 Å². The van der Waals surface area contributed by atoms with Crippen LogP contribution in [-0.4, -0.2) is 31.6 Å². The largest absolute Gasteiger partial charge is 0.388 e. The van der Waals surface area contributed by atoms with E-state index in [9.17, 15) is 0 Å². The molecule has 2 nitrogen and oxygen atoms in total. The van der Waals surface area contributed by atoms with E-state index in [4.69, 9.17) is 11.6 Å². The van der Waals surface area contributed by atoms with Crippen molar-refractivity contribution in [1.82, 2.24) is 10.2 Å². The van der Waals surface area contributed by atoms with Crippen molar-refractivity contribution in [3.63, 3.8) is 0 Å². The minimum atomic E-state index is 0.656. The fourth-order valence-electron chi connectivity index (χ4n) is 3.32. The average molecular weight is 371 g/mol. The number of allylic oxidation sites excluding steroid dienone is 4. The molecule has 1 aliphatic heterocycles. The predicted octanol–water partition coefficient (Wildman–Crippen LogP) is 5.69. The quantitative estimate of drug-likeness (QED) is 0.620. The van der Waals surface area contributed by atoms with Crippen LogP contribution in [0.2, 0.25) is 5.02 Å². The molecular formula is C23H31ClN2. The fourth-order valence-corrected chi connectivity index (χ4v) is 3.44. The van der Waals surface area contributed by atoms with Crippen LogP contribution in [0.25, 0.3) is 6.08 Å². The van der Waals surface area contributed by atoms with E-state index in [1.165, 1.54) is 29.7 Å². The molecule has 0 bridgehead atoms. The van der Waals surface area contributed by atoms with E-state index < -0.39 is 0 Å². The number of nitrogens with one attached hydrogen (secondary N) is 1. The molecule has 1 aliphatic rings. The molecule has 26 heavy (non-hydrogen) atoms. The molecule has 0 spiro atoms. The summed E-state index contributed by atoms with van der Waals surface area (Å²) in [5, 5.41) is 4.12. The monoisotopic (exact) mass is 370 g/mol. The highest BCUT2D eigenvalue weighted by molar-refractivity contribution is 6.30. The molecule has 1 saturated heterocycles. The van der Waals surface area contributed by atoms with Crippen LogP contribution < -0.4 is 5.32 Å². The van der Waals surface area contributed by atoms with E-state index in [0.717, 1.165) is 30.2 Å². The van der Waals surface area contributed by atoms with Gasteiger partial charge in [-0.3, -0.25) is 4.90 Å². The van der Waals surface area contributed by atoms with Gasteiger partial charge in [0.1, 0.15) is 0 Å². The summed E-state index contributed by atoms with van der Waals surface area (Å²) in [6.45, 7) is 11.5. The Balaban J connectivity index is 1.86. The highest BCUT2D eigenvalue weighted by Crippen LogP contribution is 2.26. The Hall–Kier alpha value is -1.77. The lowest BCUT2D eigenvalue weighted by Crippen LogP contribution is -2.34. The molecule has 1 N–H and O–H groups in total. The second-order valence-electron chi connectivity index (χ2n) is 7.06. The van der Waals surface area contributed by atoms with E-state index in [1.807, 2.05) is 26.1 Å². The first-order valence-electron chi connectivity index (χ1n) is 9.36. The second kappa shape index (κ2) is 10.4. The van der Waals surface area contributed by atoms with Gasteiger partial charge in [-0.1, -0.05) is 54.1 Å². The summed E-state index contributed by atoms with van der Waals surface area (Å²) in [5.74, 6) is 0.656. The number of likely N-dealkylation sites (tertiary alicyclic amines) is 1. The van der Waals surface area contributed by atoms with Gasteiger partial charge in [-0.2, -0.15) is 0 Å². The summed E-state index contributed by atoms with van der Waals surface area (Å²) in [6.07, 6.45) is 11.1. The maximum atomic E-state index is 5.93. The van der Waals surface area contributed by atoms with Gasteiger partial charge in [-0.25, -0.2) is 0 Å². The molecule has 0 aliphatic carbocycles. The van der Waals surface area contributed by atoms with Gasteiger partial charge >= 0.3 is 0 Å². The first kappa shape index (κ1) is 20.5. The third kappa shape index (κ3) is 6.51. The van der Waals surface area contributed by atoms with E-state index >= 15 is 0 Å². The second-order valence-corrected chi connectivity index (χ2v) is 7.49. The van der Waals surface area contributed by atoms with Gasteiger partial charge in [-0.15, -0.1) is 0 Å². The SMILES string of the molecule is C=C(C)/C=C\C(NC)=C(/C)C1CCN(C/C=C/c2ccc(Cl)cc2)CC1. The summed E-state index contributed by atoms with van der Waals surface area (Å²) in [6, 6.07) is 7.97. The molecule has 0 atom stereocenters. The van der Waals surface area contributed by atoms with Crippen LogP contribution in [0.4, 0.5) is 0 Å². The topological polar surface area (TPSA) is 15.3 Å². The summed E-state index contributed by atoms with van der Waals surface area (Å²) in [7, 11) is 2.00. The standard InChI is InChI=1S/C23H31ClN2/c1-18(2)7-12-23(25-4)19(3)21-13-16-26(17-14-21)15-5-6-20-8-10-22(24)11-9-20/h5-12,21,25H,1,13-17H2,2-4H3/b6-5+,12-7-,23-19-. The molecule has 1 fully saturated rings. The maximum Gasteiger partial charge on any atom is 0.0406 e. The summed E-state index contributed by atoms with van der Waals surface area (Å²) < 4.78 is 0. The zero-order valence-corrected chi connectivity index (χ0v) is 17.0. The van der Waals surface area contributed by atoms with E-state index in [-0.39, 0.29) is 0 Å². The number of hydrogen-bond donors (Lipinski definition) is 1. The predicted molar refractivity (Wildman–Crippen MR) is 115 cm³/mol. The van der Waals surface area contributed by atoms with Crippen molar-refractivity contribution in [2.45, 2.75) is 26.7 Å². The van der Waals surface area contributed by atoms with Crippen molar-refractivity contribution in [2.24, 2.45) is 5.92 Å². The van der Waals surface area contributed by atoms with Crippen LogP contribution in [-0.2, 0) is 0 Å². The molecule has 2 rings (SSSR count). The minimum absolute atomic E-state index is 0.656. The molecule has 1 heterocycles. The number of piperidine rings is 1. The van der Waals surface area contributed by atoms with Gasteiger partial charge in [0, 0.05) is 24.3 Å². The van der Waals surface area contributed by atoms with E-state index in [2.05, 4.69) is 60.2 Å². The zero-order chi connectivity index (χ0) is 18.9. The number of halogens is 1. The van der Waals surface area contributed by atoms with Crippen LogP contribution in [0.5, 0.6) is 0 Å². The average Bonchev–Trinajstić information content (AvgIpc) is 2.64. The molecule has 0 aromatic heterocycles. The van der Waals surface area contributed by atoms with Gasteiger partial charge in [0.2, 0.25) is 0 Å². The van der Waals surface area contributed by atoms with E-state index in [0.29, 0.717) is 5.92 Å². The molecular weight excluding hydrogens is 340 g/mol. The lowest BCUT2D eigenvalue weighted by atomic mass is 9.88. The lowest BCUT2D eigenvalue weighted by Gasteiger charge is -2.32. The van der Waals surface area contributed by atoms with Crippen molar-refractivity contribution >= 4 is 17.7 Å². The highest BCUT2D eigenvalue weighted by Gasteiger charge is 2.20. The summed E-state index contributed by atoms with van der Waals surface area (Å²) in [5.41, 5.74) is 4.97. The van der Waals surface area contributed by atoms with Crippen molar-refractivity contribution in [2.75, 3.05) is 26.7 Å².